The first kappa shape index (κ1) is 19.8. The van der Waals surface area contributed by atoms with Crippen molar-refractivity contribution in [1.29, 1.82) is 0 Å². The number of aryl methyl sites for hydroxylation is 3. The van der Waals surface area contributed by atoms with Crippen LogP contribution >= 0.6 is 0 Å². The lowest BCUT2D eigenvalue weighted by Crippen LogP contribution is -2.44. The van der Waals surface area contributed by atoms with Gasteiger partial charge in [0.2, 0.25) is 15.9 Å². The Labute approximate surface area is 161 Å². The number of rotatable bonds is 4. The van der Waals surface area contributed by atoms with Crippen molar-refractivity contribution >= 4 is 10.0 Å². The highest BCUT2D eigenvalue weighted by Gasteiger charge is 2.34. The number of aromatic nitrogens is 2. The van der Waals surface area contributed by atoms with Crippen LogP contribution in [0.25, 0.3) is 0 Å². The number of hydrogen-bond acceptors (Lipinski definition) is 5. The molecule has 1 aromatic heterocycles. The van der Waals surface area contributed by atoms with Crippen LogP contribution in [0.1, 0.15) is 40.9 Å². The second-order valence-corrected chi connectivity index (χ2v) is 9.15. The summed E-state index contributed by atoms with van der Waals surface area (Å²) in [6, 6.07) is 3.75. The summed E-state index contributed by atoms with van der Waals surface area (Å²) in [4.78, 5) is 8.77. The Balaban J connectivity index is 1.87. The lowest BCUT2D eigenvalue weighted by atomic mass is 10.0. The molecule has 0 spiro atoms. The summed E-state index contributed by atoms with van der Waals surface area (Å²) in [6.07, 6.45) is 3.00. The average molecular weight is 390 g/mol. The van der Waals surface area contributed by atoms with Crippen molar-refractivity contribution in [2.75, 3.05) is 13.1 Å². The minimum Gasteiger partial charge on any atom is -0.473 e. The van der Waals surface area contributed by atoms with Crippen LogP contribution in [0.4, 0.5) is 0 Å². The predicted octanol–water partition coefficient (Wildman–Crippen LogP) is 3.25. The Morgan fingerprint density at radius 1 is 1.11 bits per heavy atom. The molecule has 7 heteroatoms. The number of sulfonamides is 1. The Hall–Kier alpha value is -1.99. The van der Waals surface area contributed by atoms with E-state index < -0.39 is 10.0 Å². The van der Waals surface area contributed by atoms with Gasteiger partial charge in [0.15, 0.2) is 0 Å². The molecule has 0 amide bonds. The Morgan fingerprint density at radius 2 is 1.78 bits per heavy atom. The molecule has 0 N–H and O–H groups in total. The first-order valence-corrected chi connectivity index (χ1v) is 10.7. The van der Waals surface area contributed by atoms with Crippen molar-refractivity contribution in [3.63, 3.8) is 0 Å². The third-order valence-electron chi connectivity index (χ3n) is 5.27. The molecule has 3 rings (SSSR count). The van der Waals surface area contributed by atoms with Crippen LogP contribution in [0.3, 0.4) is 0 Å². The van der Waals surface area contributed by atoms with Crippen molar-refractivity contribution < 1.29 is 13.2 Å². The fourth-order valence-electron chi connectivity index (χ4n) is 3.59. The van der Waals surface area contributed by atoms with Gasteiger partial charge in [-0.15, -0.1) is 0 Å². The van der Waals surface area contributed by atoms with Gasteiger partial charge in [0.1, 0.15) is 11.9 Å². The third kappa shape index (κ3) is 3.99. The van der Waals surface area contributed by atoms with E-state index in [1.807, 2.05) is 33.8 Å². The summed E-state index contributed by atoms with van der Waals surface area (Å²) in [5.74, 6) is 1.12. The maximum Gasteiger partial charge on any atom is 0.243 e. The van der Waals surface area contributed by atoms with E-state index >= 15 is 0 Å². The zero-order valence-electron chi connectivity index (χ0n) is 16.6. The molecule has 1 aliphatic heterocycles. The van der Waals surface area contributed by atoms with Gasteiger partial charge in [0.25, 0.3) is 0 Å². The molecule has 6 nitrogen and oxygen atoms in total. The van der Waals surface area contributed by atoms with E-state index in [4.69, 9.17) is 4.74 Å². The molecule has 146 valence electrons. The molecule has 1 aromatic carbocycles. The molecule has 2 heterocycles. The molecular formula is C20H27N3O3S. The first-order chi connectivity index (χ1) is 12.7. The molecule has 1 saturated heterocycles. The van der Waals surface area contributed by atoms with Gasteiger partial charge in [-0.2, -0.15) is 9.29 Å². The summed E-state index contributed by atoms with van der Waals surface area (Å²) in [5, 5.41) is 0. The van der Waals surface area contributed by atoms with Gasteiger partial charge in [0, 0.05) is 18.8 Å². The zero-order chi connectivity index (χ0) is 19.8. The van der Waals surface area contributed by atoms with Crippen LogP contribution in [0.2, 0.25) is 0 Å². The number of benzene rings is 1. The van der Waals surface area contributed by atoms with Gasteiger partial charge < -0.3 is 4.74 Å². The van der Waals surface area contributed by atoms with Crippen molar-refractivity contribution in [2.45, 2.75) is 58.5 Å². The van der Waals surface area contributed by atoms with Crippen LogP contribution in [-0.2, 0) is 10.0 Å². The van der Waals surface area contributed by atoms with Gasteiger partial charge in [-0.25, -0.2) is 13.4 Å². The van der Waals surface area contributed by atoms with Crippen molar-refractivity contribution in [1.82, 2.24) is 14.3 Å². The standard InChI is InChI=1S/C20H27N3O3S/c1-13-11-14(2)16(4)20(15(13)3)27(24,25)23-10-6-7-18(12-23)26-19-8-9-21-17(5)22-19/h8-9,11,18H,6-7,10,12H2,1-5H3. The normalized spacial score (nSPS) is 18.5. The van der Waals surface area contributed by atoms with Crippen molar-refractivity contribution in [3.8, 4) is 5.88 Å². The van der Waals surface area contributed by atoms with E-state index in [0.29, 0.717) is 29.7 Å². The van der Waals surface area contributed by atoms with E-state index in [1.54, 1.807) is 23.5 Å². The molecule has 1 atom stereocenters. The summed E-state index contributed by atoms with van der Waals surface area (Å²) in [6.45, 7) is 10.3. The quantitative estimate of drug-likeness (QED) is 0.803. The summed E-state index contributed by atoms with van der Waals surface area (Å²) >= 11 is 0. The molecule has 0 saturated carbocycles. The van der Waals surface area contributed by atoms with E-state index in [1.165, 1.54) is 0 Å². The van der Waals surface area contributed by atoms with Gasteiger partial charge in [-0.3, -0.25) is 0 Å². The number of hydrogen-bond donors (Lipinski definition) is 0. The van der Waals surface area contributed by atoms with Gasteiger partial charge >= 0.3 is 0 Å². The Morgan fingerprint density at radius 3 is 2.41 bits per heavy atom. The molecule has 1 aliphatic rings. The van der Waals surface area contributed by atoms with Crippen molar-refractivity contribution in [3.05, 3.63) is 46.4 Å². The van der Waals surface area contributed by atoms with Crippen LogP contribution < -0.4 is 4.74 Å². The second-order valence-electron chi connectivity index (χ2n) is 7.28. The highest BCUT2D eigenvalue weighted by Crippen LogP contribution is 2.30. The monoisotopic (exact) mass is 389 g/mol. The number of ether oxygens (including phenoxy) is 1. The molecule has 0 radical (unpaired) electrons. The van der Waals surface area contributed by atoms with Crippen LogP contribution in [0.5, 0.6) is 5.88 Å². The van der Waals surface area contributed by atoms with Gasteiger partial charge in [-0.05, 0) is 69.7 Å². The number of piperidine rings is 1. The first-order valence-electron chi connectivity index (χ1n) is 9.24. The lowest BCUT2D eigenvalue weighted by Gasteiger charge is -2.33. The van der Waals surface area contributed by atoms with E-state index in [0.717, 1.165) is 35.1 Å². The maximum absolute atomic E-state index is 13.4. The fraction of sp³-hybridized carbons (Fsp3) is 0.500. The summed E-state index contributed by atoms with van der Waals surface area (Å²) < 4.78 is 34.4. The summed E-state index contributed by atoms with van der Waals surface area (Å²) in [7, 11) is -3.58. The molecule has 0 bridgehead atoms. The molecule has 2 aromatic rings. The zero-order valence-corrected chi connectivity index (χ0v) is 17.4. The van der Waals surface area contributed by atoms with Crippen molar-refractivity contribution in [2.24, 2.45) is 0 Å². The Kier molecular flexibility index (Phi) is 5.53. The number of nitrogens with zero attached hydrogens (tertiary/aromatic N) is 3. The topological polar surface area (TPSA) is 72.4 Å². The molecular weight excluding hydrogens is 362 g/mol. The Bertz CT molecular complexity index is 931. The maximum atomic E-state index is 13.4. The van der Waals surface area contributed by atoms with E-state index in [-0.39, 0.29) is 6.10 Å². The fourth-order valence-corrected chi connectivity index (χ4v) is 5.67. The SMILES string of the molecule is Cc1nccc(OC2CCCN(S(=O)(=O)c3c(C)c(C)cc(C)c3C)C2)n1. The minimum atomic E-state index is -3.58. The summed E-state index contributed by atoms with van der Waals surface area (Å²) in [5.41, 5.74) is 3.65. The second kappa shape index (κ2) is 7.56. The smallest absolute Gasteiger partial charge is 0.243 e. The van der Waals surface area contributed by atoms with Crippen LogP contribution in [0.15, 0.2) is 23.2 Å². The molecule has 1 unspecified atom stereocenters. The van der Waals surface area contributed by atoms with Crippen LogP contribution in [-0.4, -0.2) is 41.9 Å². The predicted molar refractivity (Wildman–Crippen MR) is 105 cm³/mol. The van der Waals surface area contributed by atoms with Gasteiger partial charge in [0.05, 0.1) is 11.4 Å². The molecule has 27 heavy (non-hydrogen) atoms. The highest BCUT2D eigenvalue weighted by molar-refractivity contribution is 7.89. The van der Waals surface area contributed by atoms with Gasteiger partial charge in [-0.1, -0.05) is 6.07 Å². The lowest BCUT2D eigenvalue weighted by molar-refractivity contribution is 0.124. The largest absolute Gasteiger partial charge is 0.473 e. The molecule has 0 aliphatic carbocycles. The minimum absolute atomic E-state index is 0.214. The van der Waals surface area contributed by atoms with E-state index in [9.17, 15) is 8.42 Å². The van der Waals surface area contributed by atoms with Crippen LogP contribution in [0, 0.1) is 34.6 Å². The average Bonchev–Trinajstić information content (AvgIpc) is 2.60. The molecule has 1 fully saturated rings. The van der Waals surface area contributed by atoms with E-state index in [2.05, 4.69) is 9.97 Å². The third-order valence-corrected chi connectivity index (χ3v) is 7.41. The highest BCUT2D eigenvalue weighted by atomic mass is 32.2.